The second-order valence-electron chi connectivity index (χ2n) is 14.7. The molecule has 2 atom stereocenters. The van der Waals surface area contributed by atoms with Gasteiger partial charge in [0.15, 0.2) is 5.65 Å². The van der Waals surface area contributed by atoms with Crippen molar-refractivity contribution in [3.63, 3.8) is 0 Å². The van der Waals surface area contributed by atoms with Gasteiger partial charge in [-0.15, -0.1) is 0 Å². The first-order valence-corrected chi connectivity index (χ1v) is 16.8. The second-order valence-corrected chi connectivity index (χ2v) is 14.7. The second kappa shape index (κ2) is 13.2. The van der Waals surface area contributed by atoms with Crippen molar-refractivity contribution >= 4 is 29.6 Å². The predicted molar refractivity (Wildman–Crippen MR) is 180 cm³/mol. The first-order chi connectivity index (χ1) is 22.8. The Hall–Kier alpha value is -4.46. The van der Waals surface area contributed by atoms with E-state index in [0.717, 1.165) is 42.7 Å². The molecule has 0 radical (unpaired) electrons. The van der Waals surface area contributed by atoms with E-state index >= 15 is 0 Å². The number of fused-ring (bicyclic) bond motifs is 3. The van der Waals surface area contributed by atoms with Crippen molar-refractivity contribution in [1.82, 2.24) is 39.1 Å². The van der Waals surface area contributed by atoms with Crippen LogP contribution in [0, 0.1) is 0 Å². The molecule has 258 valence electrons. The van der Waals surface area contributed by atoms with Gasteiger partial charge in [-0.05, 0) is 66.5 Å². The van der Waals surface area contributed by atoms with Crippen molar-refractivity contribution < 1.29 is 23.9 Å². The average molecular weight is 662 g/mol. The van der Waals surface area contributed by atoms with Crippen molar-refractivity contribution in [2.24, 2.45) is 0 Å². The molecule has 0 saturated carbocycles. The molecule has 3 fully saturated rings. The standard InChI is InChI=1S/C34H47N9O5/c1-21(2)27-17-36-43-29(15-28(38-31(27)43)22-16-35-41(18-22)32(45)48-34(3,4)5)37-23-13-24-10-11-25(14-23)42(24)33(46)47-26-19-40(20-26)30(44)9-8-12-39(6)7/h8-9,15-18,21,23-26,37H,10-14,19-20H2,1-7H3/b9-8+. The Morgan fingerprint density at radius 3 is 2.42 bits per heavy atom. The number of anilines is 1. The van der Waals surface area contributed by atoms with Gasteiger partial charge in [-0.2, -0.15) is 19.4 Å². The monoisotopic (exact) mass is 661 g/mol. The van der Waals surface area contributed by atoms with E-state index in [1.165, 1.54) is 4.68 Å². The van der Waals surface area contributed by atoms with Crippen LogP contribution in [0.25, 0.3) is 16.9 Å². The summed E-state index contributed by atoms with van der Waals surface area (Å²) in [6.07, 6.45) is 10.8. The number of nitrogens with one attached hydrogen (secondary N) is 1. The molecule has 1 N–H and O–H groups in total. The molecule has 3 saturated heterocycles. The lowest BCUT2D eigenvalue weighted by Gasteiger charge is -2.42. The van der Waals surface area contributed by atoms with Crippen molar-refractivity contribution in [2.45, 2.75) is 96.1 Å². The summed E-state index contributed by atoms with van der Waals surface area (Å²) >= 11 is 0. The number of likely N-dealkylation sites (tertiary alicyclic amines) is 1. The van der Waals surface area contributed by atoms with Gasteiger partial charge < -0.3 is 29.5 Å². The molecule has 2 unspecified atom stereocenters. The molecular formula is C34H47N9O5. The highest BCUT2D eigenvalue weighted by atomic mass is 16.6. The lowest BCUT2D eigenvalue weighted by Crippen LogP contribution is -2.57. The number of carbonyl (C=O) groups is 3. The fourth-order valence-electron chi connectivity index (χ4n) is 6.67. The number of hydrogen-bond acceptors (Lipinski definition) is 10. The zero-order valence-corrected chi connectivity index (χ0v) is 28.9. The maximum Gasteiger partial charge on any atom is 0.435 e. The van der Waals surface area contributed by atoms with Crippen LogP contribution in [0.15, 0.2) is 36.8 Å². The fourth-order valence-corrected chi connectivity index (χ4v) is 6.67. The number of amides is 2. The van der Waals surface area contributed by atoms with Gasteiger partial charge in [0, 0.05) is 54.1 Å². The Balaban J connectivity index is 1.13. The number of rotatable bonds is 8. The third-order valence-corrected chi connectivity index (χ3v) is 9.03. The maximum absolute atomic E-state index is 13.3. The quantitative estimate of drug-likeness (QED) is 0.346. The molecule has 14 nitrogen and oxygen atoms in total. The minimum atomic E-state index is -0.644. The summed E-state index contributed by atoms with van der Waals surface area (Å²) in [4.78, 5) is 48.9. The van der Waals surface area contributed by atoms with E-state index in [1.54, 1.807) is 23.4 Å². The highest BCUT2D eigenvalue weighted by molar-refractivity contribution is 5.88. The number of likely N-dealkylation sites (N-methyl/N-ethyl adjacent to an activating group) is 1. The average Bonchev–Trinajstić information content (AvgIpc) is 3.70. The summed E-state index contributed by atoms with van der Waals surface area (Å²) in [5, 5.41) is 12.6. The number of aromatic nitrogens is 5. The van der Waals surface area contributed by atoms with E-state index < -0.39 is 11.7 Å². The number of piperidine rings is 1. The normalized spacial score (nSPS) is 21.4. The van der Waals surface area contributed by atoms with Gasteiger partial charge in [0.25, 0.3) is 0 Å². The number of hydrogen-bond donors (Lipinski definition) is 1. The third kappa shape index (κ3) is 7.18. The molecule has 0 spiro atoms. The molecule has 3 aliphatic heterocycles. The SMILES string of the molecule is CC(C)c1cnn2c(NC3CC4CCC(C3)N4C(=O)OC3CN(C(=O)/C=C/CN(C)C)C3)cc(-c3cnn(C(=O)OC(C)(C)C)c3)nc12. The molecular weight excluding hydrogens is 614 g/mol. The molecule has 0 aliphatic carbocycles. The van der Waals surface area contributed by atoms with Gasteiger partial charge in [-0.3, -0.25) is 4.79 Å². The molecule has 2 amide bonds. The van der Waals surface area contributed by atoms with Crippen molar-refractivity contribution in [1.29, 1.82) is 0 Å². The van der Waals surface area contributed by atoms with E-state index in [9.17, 15) is 14.4 Å². The summed E-state index contributed by atoms with van der Waals surface area (Å²) in [6, 6.07) is 2.16. The molecule has 6 rings (SSSR count). The maximum atomic E-state index is 13.3. The molecule has 3 aliphatic rings. The number of carbonyl (C=O) groups excluding carboxylic acids is 3. The molecule has 48 heavy (non-hydrogen) atoms. The Kier molecular flexibility index (Phi) is 9.20. The number of nitrogens with zero attached hydrogens (tertiary/aromatic N) is 8. The van der Waals surface area contributed by atoms with E-state index in [2.05, 4.69) is 29.4 Å². The van der Waals surface area contributed by atoms with Gasteiger partial charge in [-0.1, -0.05) is 19.9 Å². The van der Waals surface area contributed by atoms with Gasteiger partial charge in [-0.25, -0.2) is 14.6 Å². The van der Waals surface area contributed by atoms with Crippen LogP contribution in [0.4, 0.5) is 15.4 Å². The lowest BCUT2D eigenvalue weighted by molar-refractivity contribution is -0.136. The van der Waals surface area contributed by atoms with E-state index in [-0.39, 0.29) is 42.1 Å². The Bertz CT molecular complexity index is 1680. The Morgan fingerprint density at radius 2 is 1.77 bits per heavy atom. The van der Waals surface area contributed by atoms with Crippen LogP contribution in [-0.4, -0.2) is 121 Å². The molecule has 3 aromatic rings. The molecule has 2 bridgehead atoms. The fraction of sp³-hybridized carbons (Fsp3) is 0.588. The number of ether oxygens (including phenoxy) is 2. The topological polar surface area (TPSA) is 139 Å². The first-order valence-electron chi connectivity index (χ1n) is 16.8. The molecule has 6 heterocycles. The van der Waals surface area contributed by atoms with E-state index in [0.29, 0.717) is 30.9 Å². The Morgan fingerprint density at radius 1 is 1.06 bits per heavy atom. The highest BCUT2D eigenvalue weighted by Crippen LogP contribution is 2.38. The van der Waals surface area contributed by atoms with Crippen molar-refractivity contribution in [3.8, 4) is 11.3 Å². The third-order valence-electron chi connectivity index (χ3n) is 9.03. The van der Waals surface area contributed by atoms with Crippen LogP contribution in [0.5, 0.6) is 0 Å². The van der Waals surface area contributed by atoms with Gasteiger partial charge in [0.1, 0.15) is 17.5 Å². The van der Waals surface area contributed by atoms with Crippen LogP contribution >= 0.6 is 0 Å². The van der Waals surface area contributed by atoms with Crippen LogP contribution in [0.3, 0.4) is 0 Å². The summed E-state index contributed by atoms with van der Waals surface area (Å²) < 4.78 is 14.4. The minimum absolute atomic E-state index is 0.0564. The van der Waals surface area contributed by atoms with E-state index in [4.69, 9.17) is 14.5 Å². The van der Waals surface area contributed by atoms with Crippen LogP contribution < -0.4 is 5.32 Å². The smallest absolute Gasteiger partial charge is 0.435 e. The van der Waals surface area contributed by atoms with Gasteiger partial charge in [0.05, 0.1) is 31.2 Å². The lowest BCUT2D eigenvalue weighted by atomic mass is 9.97. The molecule has 3 aromatic heterocycles. The first kappa shape index (κ1) is 33.4. The van der Waals surface area contributed by atoms with Crippen molar-refractivity contribution in [3.05, 3.63) is 42.4 Å². The van der Waals surface area contributed by atoms with Crippen LogP contribution in [0.2, 0.25) is 0 Å². The van der Waals surface area contributed by atoms with Crippen molar-refractivity contribution in [2.75, 3.05) is 39.0 Å². The summed E-state index contributed by atoms with van der Waals surface area (Å²) in [5.41, 5.74) is 2.45. The summed E-state index contributed by atoms with van der Waals surface area (Å²) in [7, 11) is 3.90. The zero-order chi connectivity index (χ0) is 34.3. The Labute approximate surface area is 281 Å². The zero-order valence-electron chi connectivity index (χ0n) is 28.9. The molecule has 0 aromatic carbocycles. The minimum Gasteiger partial charge on any atom is -0.442 e. The summed E-state index contributed by atoms with van der Waals surface area (Å²) in [5.74, 6) is 0.929. The molecule has 14 heteroatoms. The highest BCUT2D eigenvalue weighted by Gasteiger charge is 2.45. The predicted octanol–water partition coefficient (Wildman–Crippen LogP) is 4.37. The largest absolute Gasteiger partial charge is 0.442 e. The van der Waals surface area contributed by atoms with Crippen LogP contribution in [-0.2, 0) is 14.3 Å². The van der Waals surface area contributed by atoms with Crippen LogP contribution in [0.1, 0.15) is 71.8 Å². The van der Waals surface area contributed by atoms with E-state index in [1.807, 2.05) is 67.5 Å². The summed E-state index contributed by atoms with van der Waals surface area (Å²) in [6.45, 7) is 11.2. The van der Waals surface area contributed by atoms with Gasteiger partial charge >= 0.3 is 12.2 Å². The van der Waals surface area contributed by atoms with Gasteiger partial charge in [0.2, 0.25) is 5.91 Å².